The van der Waals surface area contributed by atoms with Crippen LogP contribution < -0.4 is 5.32 Å². The van der Waals surface area contributed by atoms with E-state index in [2.05, 4.69) is 21.6 Å². The standard InChI is InChI=1S/C15H21N5OS/c16-9-4-10-20(12-7-8-12)15(21)17-14-19-18-13(22-14)11-5-2-1-3-6-11/h11-12H,1-8,10H2,(H,17,19,21). The minimum absolute atomic E-state index is 0.149. The maximum Gasteiger partial charge on any atom is 0.323 e. The molecule has 2 saturated carbocycles. The van der Waals surface area contributed by atoms with Crippen LogP contribution in [0.2, 0.25) is 0 Å². The summed E-state index contributed by atoms with van der Waals surface area (Å²) in [4.78, 5) is 14.1. The van der Waals surface area contributed by atoms with Gasteiger partial charge >= 0.3 is 6.03 Å². The highest BCUT2D eigenvalue weighted by Gasteiger charge is 2.32. The smallest absolute Gasteiger partial charge is 0.320 e. The Morgan fingerprint density at radius 2 is 2.05 bits per heavy atom. The molecule has 0 radical (unpaired) electrons. The molecule has 0 unspecified atom stereocenters. The van der Waals surface area contributed by atoms with E-state index in [1.54, 1.807) is 4.90 Å². The third kappa shape index (κ3) is 3.74. The Morgan fingerprint density at radius 3 is 2.73 bits per heavy atom. The highest BCUT2D eigenvalue weighted by Crippen LogP contribution is 2.35. The Balaban J connectivity index is 1.58. The zero-order valence-corrected chi connectivity index (χ0v) is 13.4. The molecule has 118 valence electrons. The Hall–Kier alpha value is -1.68. The molecule has 0 bridgehead atoms. The summed E-state index contributed by atoms with van der Waals surface area (Å²) < 4.78 is 0. The van der Waals surface area contributed by atoms with Crippen molar-refractivity contribution in [3.63, 3.8) is 0 Å². The molecule has 6 nitrogen and oxygen atoms in total. The van der Waals surface area contributed by atoms with E-state index >= 15 is 0 Å². The van der Waals surface area contributed by atoms with Crippen molar-refractivity contribution in [3.05, 3.63) is 5.01 Å². The quantitative estimate of drug-likeness (QED) is 0.900. The van der Waals surface area contributed by atoms with E-state index in [4.69, 9.17) is 5.26 Å². The lowest BCUT2D eigenvalue weighted by Crippen LogP contribution is -2.37. The van der Waals surface area contributed by atoms with Gasteiger partial charge in [0.1, 0.15) is 5.01 Å². The van der Waals surface area contributed by atoms with Gasteiger partial charge in [-0.25, -0.2) is 4.79 Å². The first kappa shape index (κ1) is 15.2. The van der Waals surface area contributed by atoms with E-state index < -0.39 is 0 Å². The second-order valence-electron chi connectivity index (χ2n) is 6.04. The van der Waals surface area contributed by atoms with Crippen molar-refractivity contribution in [2.24, 2.45) is 0 Å². The molecule has 2 aliphatic carbocycles. The van der Waals surface area contributed by atoms with Crippen LogP contribution in [-0.4, -0.2) is 33.7 Å². The third-order valence-corrected chi connectivity index (χ3v) is 5.32. The molecule has 1 heterocycles. The van der Waals surface area contributed by atoms with Crippen molar-refractivity contribution >= 4 is 22.5 Å². The maximum atomic E-state index is 12.3. The number of carbonyl (C=O) groups is 1. The lowest BCUT2D eigenvalue weighted by Gasteiger charge is -2.20. The van der Waals surface area contributed by atoms with Gasteiger partial charge in [-0.3, -0.25) is 5.32 Å². The maximum absolute atomic E-state index is 12.3. The molecular weight excluding hydrogens is 298 g/mol. The van der Waals surface area contributed by atoms with E-state index in [9.17, 15) is 4.79 Å². The summed E-state index contributed by atoms with van der Waals surface area (Å²) in [7, 11) is 0. The van der Waals surface area contributed by atoms with E-state index in [1.165, 1.54) is 43.4 Å². The fourth-order valence-corrected chi connectivity index (χ4v) is 3.87. The molecule has 1 N–H and O–H groups in total. The number of hydrogen-bond donors (Lipinski definition) is 1. The largest absolute Gasteiger partial charge is 0.323 e. The van der Waals surface area contributed by atoms with Gasteiger partial charge in [0, 0.05) is 18.5 Å². The van der Waals surface area contributed by atoms with Crippen molar-refractivity contribution < 1.29 is 4.79 Å². The van der Waals surface area contributed by atoms with Crippen LogP contribution in [-0.2, 0) is 0 Å². The lowest BCUT2D eigenvalue weighted by atomic mass is 9.90. The average Bonchev–Trinajstić information content (AvgIpc) is 3.27. The van der Waals surface area contributed by atoms with Crippen molar-refractivity contribution in [1.82, 2.24) is 15.1 Å². The van der Waals surface area contributed by atoms with Gasteiger partial charge in [-0.2, -0.15) is 5.26 Å². The van der Waals surface area contributed by atoms with Crippen LogP contribution in [0.3, 0.4) is 0 Å². The Kier molecular flexibility index (Phi) is 4.88. The number of nitrogens with zero attached hydrogens (tertiary/aromatic N) is 4. The fraction of sp³-hybridized carbons (Fsp3) is 0.733. The van der Waals surface area contributed by atoms with Gasteiger partial charge in [-0.05, 0) is 25.7 Å². The SMILES string of the molecule is N#CCCN(C(=O)Nc1nnc(C2CCCCC2)s1)C1CC1. The Bertz CT molecular complexity index is 557. The van der Waals surface area contributed by atoms with E-state index in [0.29, 0.717) is 30.1 Å². The molecule has 1 aromatic heterocycles. The average molecular weight is 319 g/mol. The Labute approximate surface area is 134 Å². The number of amides is 2. The minimum Gasteiger partial charge on any atom is -0.320 e. The number of carbonyl (C=O) groups excluding carboxylic acids is 1. The fourth-order valence-electron chi connectivity index (χ4n) is 2.97. The molecular formula is C15H21N5OS. The Morgan fingerprint density at radius 1 is 1.27 bits per heavy atom. The molecule has 0 aliphatic heterocycles. The van der Waals surface area contributed by atoms with Gasteiger partial charge in [-0.15, -0.1) is 10.2 Å². The first-order valence-corrected chi connectivity index (χ1v) is 8.87. The third-order valence-electron chi connectivity index (χ3n) is 4.32. The van der Waals surface area contributed by atoms with Crippen molar-refractivity contribution in [1.29, 1.82) is 5.26 Å². The summed E-state index contributed by atoms with van der Waals surface area (Å²) in [6.07, 6.45) is 8.62. The van der Waals surface area contributed by atoms with Crippen molar-refractivity contribution in [3.8, 4) is 6.07 Å². The van der Waals surface area contributed by atoms with Crippen LogP contribution in [0.5, 0.6) is 0 Å². The summed E-state index contributed by atoms with van der Waals surface area (Å²) in [5.74, 6) is 0.509. The number of nitrogens with one attached hydrogen (secondary N) is 1. The van der Waals surface area contributed by atoms with Crippen molar-refractivity contribution in [2.75, 3.05) is 11.9 Å². The van der Waals surface area contributed by atoms with Gasteiger partial charge in [0.05, 0.1) is 12.5 Å². The molecule has 2 fully saturated rings. The minimum atomic E-state index is -0.149. The lowest BCUT2D eigenvalue weighted by molar-refractivity contribution is 0.210. The molecule has 0 spiro atoms. The van der Waals surface area contributed by atoms with Gasteiger partial charge in [0.2, 0.25) is 5.13 Å². The number of hydrogen-bond acceptors (Lipinski definition) is 5. The van der Waals surface area contributed by atoms with Crippen LogP contribution in [0.25, 0.3) is 0 Å². The molecule has 2 amide bonds. The summed E-state index contributed by atoms with van der Waals surface area (Å²) in [5, 5.41) is 21.6. The van der Waals surface area contributed by atoms with Crippen LogP contribution in [0.1, 0.15) is 62.3 Å². The van der Waals surface area contributed by atoms with Gasteiger partial charge in [-0.1, -0.05) is 30.6 Å². The van der Waals surface area contributed by atoms with Gasteiger partial charge in [0.15, 0.2) is 0 Å². The highest BCUT2D eigenvalue weighted by atomic mass is 32.1. The summed E-state index contributed by atoms with van der Waals surface area (Å²) >= 11 is 1.50. The van der Waals surface area contributed by atoms with Crippen LogP contribution in [0.4, 0.5) is 9.93 Å². The molecule has 1 aromatic rings. The second-order valence-corrected chi connectivity index (χ2v) is 7.05. The summed E-state index contributed by atoms with van der Waals surface area (Å²) in [5.41, 5.74) is 0. The zero-order valence-electron chi connectivity index (χ0n) is 12.6. The molecule has 0 aromatic carbocycles. The predicted octanol–water partition coefficient (Wildman–Crippen LogP) is 3.50. The summed E-state index contributed by atoms with van der Waals surface area (Å²) in [6.45, 7) is 0.487. The topological polar surface area (TPSA) is 81.9 Å². The van der Waals surface area contributed by atoms with Gasteiger partial charge < -0.3 is 4.90 Å². The zero-order chi connectivity index (χ0) is 15.4. The first-order valence-electron chi connectivity index (χ1n) is 8.06. The number of rotatable bonds is 5. The molecule has 7 heteroatoms. The molecule has 22 heavy (non-hydrogen) atoms. The first-order chi connectivity index (χ1) is 10.8. The normalized spacial score (nSPS) is 18.7. The monoisotopic (exact) mass is 319 g/mol. The number of anilines is 1. The summed E-state index contributed by atoms with van der Waals surface area (Å²) in [6, 6.07) is 2.24. The predicted molar refractivity (Wildman–Crippen MR) is 84.7 cm³/mol. The molecule has 2 aliphatic rings. The van der Waals surface area contributed by atoms with E-state index in [-0.39, 0.29) is 6.03 Å². The molecule has 3 rings (SSSR count). The molecule has 0 atom stereocenters. The van der Waals surface area contributed by atoms with Crippen molar-refractivity contribution in [2.45, 2.75) is 63.3 Å². The van der Waals surface area contributed by atoms with E-state index in [0.717, 1.165) is 17.8 Å². The van der Waals surface area contributed by atoms with Crippen LogP contribution in [0.15, 0.2) is 0 Å². The number of urea groups is 1. The molecule has 0 saturated heterocycles. The van der Waals surface area contributed by atoms with Gasteiger partial charge in [0.25, 0.3) is 0 Å². The van der Waals surface area contributed by atoms with Crippen LogP contribution >= 0.6 is 11.3 Å². The highest BCUT2D eigenvalue weighted by molar-refractivity contribution is 7.15. The van der Waals surface area contributed by atoms with E-state index in [1.807, 2.05) is 0 Å². The number of nitriles is 1. The second kappa shape index (κ2) is 7.05. The number of aromatic nitrogens is 2. The van der Waals surface area contributed by atoms with Crippen LogP contribution in [0, 0.1) is 11.3 Å².